The van der Waals surface area contributed by atoms with Gasteiger partial charge in [0.1, 0.15) is 0 Å². The molecule has 6 heteroatoms. The van der Waals surface area contributed by atoms with Crippen molar-refractivity contribution in [3.05, 3.63) is 22.7 Å². The molecule has 5 nitrogen and oxygen atoms in total. The molecule has 1 aromatic heterocycles. The topological polar surface area (TPSA) is 64.2 Å². The second-order valence-corrected chi connectivity index (χ2v) is 6.13. The van der Waals surface area contributed by atoms with Crippen molar-refractivity contribution in [3.8, 4) is 0 Å². The van der Waals surface area contributed by atoms with Crippen LogP contribution in [-0.4, -0.2) is 27.1 Å². The summed E-state index contributed by atoms with van der Waals surface area (Å²) in [7, 11) is 0. The average molecular weight is 296 g/mol. The molecule has 0 amide bonds. The summed E-state index contributed by atoms with van der Waals surface area (Å²) in [5.74, 6) is 0.881. The predicted octanol–water partition coefficient (Wildman–Crippen LogP) is 1.79. The number of aromatic nitrogens is 2. The van der Waals surface area contributed by atoms with Crippen LogP contribution in [0.3, 0.4) is 0 Å². The minimum Gasteiger partial charge on any atom is -0.393 e. The molecule has 0 saturated carbocycles. The maximum absolute atomic E-state index is 12.5. The molecule has 0 radical (unpaired) electrons. The summed E-state index contributed by atoms with van der Waals surface area (Å²) in [5, 5.41) is 0. The number of anilines is 1. The number of rotatable bonds is 7. The van der Waals surface area contributed by atoms with Gasteiger partial charge in [0.25, 0.3) is 5.56 Å². The lowest BCUT2D eigenvalue weighted by Crippen LogP contribution is -2.39. The van der Waals surface area contributed by atoms with E-state index in [1.165, 1.54) is 0 Å². The van der Waals surface area contributed by atoms with Gasteiger partial charge in [-0.05, 0) is 19.8 Å². The van der Waals surface area contributed by atoms with Crippen molar-refractivity contribution >= 4 is 23.0 Å². The normalized spacial score (nSPS) is 11.1. The fourth-order valence-corrected chi connectivity index (χ4v) is 2.10. The molecule has 0 atom stereocenters. The van der Waals surface area contributed by atoms with E-state index < -0.39 is 0 Å². The highest BCUT2D eigenvalue weighted by Crippen LogP contribution is 2.10. The lowest BCUT2D eigenvalue weighted by Gasteiger charge is -2.27. The molecule has 1 rings (SSSR count). The Morgan fingerprint density at radius 2 is 2.10 bits per heavy atom. The smallest absolute Gasteiger partial charge is 0.293 e. The van der Waals surface area contributed by atoms with Gasteiger partial charge in [-0.3, -0.25) is 4.79 Å². The van der Waals surface area contributed by atoms with E-state index in [4.69, 9.17) is 18.0 Å². The molecular weight excluding hydrogens is 272 g/mol. The Bertz CT molecular complexity index is 510. The zero-order chi connectivity index (χ0) is 15.3. The van der Waals surface area contributed by atoms with Crippen LogP contribution >= 0.6 is 12.2 Å². The fourth-order valence-electron chi connectivity index (χ4n) is 2.01. The summed E-state index contributed by atoms with van der Waals surface area (Å²) in [5.41, 5.74) is 5.50. The van der Waals surface area contributed by atoms with Crippen LogP contribution < -0.4 is 16.2 Å². The van der Waals surface area contributed by atoms with Crippen LogP contribution in [0.2, 0.25) is 0 Å². The van der Waals surface area contributed by atoms with Gasteiger partial charge in [0.15, 0.2) is 5.82 Å². The second kappa shape index (κ2) is 7.38. The largest absolute Gasteiger partial charge is 0.393 e. The van der Waals surface area contributed by atoms with Crippen molar-refractivity contribution < 1.29 is 0 Å². The molecule has 0 fully saturated rings. The third-order valence-electron chi connectivity index (χ3n) is 2.95. The quantitative estimate of drug-likeness (QED) is 0.777. The van der Waals surface area contributed by atoms with Gasteiger partial charge in [-0.15, -0.1) is 0 Å². The first-order valence-electron chi connectivity index (χ1n) is 6.93. The number of hydrogen-bond donors (Lipinski definition) is 1. The summed E-state index contributed by atoms with van der Waals surface area (Å²) < 4.78 is 1.71. The number of hydrogen-bond acceptors (Lipinski definition) is 4. The van der Waals surface area contributed by atoms with Gasteiger partial charge in [0.2, 0.25) is 0 Å². The lowest BCUT2D eigenvalue weighted by atomic mass is 10.2. The fraction of sp³-hybridized carbons (Fsp3) is 0.643. The van der Waals surface area contributed by atoms with Crippen molar-refractivity contribution in [2.24, 2.45) is 11.7 Å². The van der Waals surface area contributed by atoms with E-state index in [0.29, 0.717) is 36.2 Å². The van der Waals surface area contributed by atoms with Crippen LogP contribution in [0, 0.1) is 5.92 Å². The lowest BCUT2D eigenvalue weighted by molar-refractivity contribution is 0.506. The summed E-state index contributed by atoms with van der Waals surface area (Å²) in [6, 6.07) is 0.166. The third kappa shape index (κ3) is 4.59. The zero-order valence-electron chi connectivity index (χ0n) is 12.7. The molecule has 20 heavy (non-hydrogen) atoms. The molecule has 0 aromatic carbocycles. The SMILES string of the molecule is CC(C)Cn1ccnc(N(CCC(N)=S)C(C)C)c1=O. The van der Waals surface area contributed by atoms with E-state index in [0.717, 1.165) is 0 Å². The maximum atomic E-state index is 12.5. The first-order valence-corrected chi connectivity index (χ1v) is 7.34. The Hall–Kier alpha value is -1.43. The average Bonchev–Trinajstić information content (AvgIpc) is 2.32. The van der Waals surface area contributed by atoms with Crippen LogP contribution in [0.4, 0.5) is 5.82 Å². The van der Waals surface area contributed by atoms with Crippen molar-refractivity contribution in [1.82, 2.24) is 9.55 Å². The molecule has 2 N–H and O–H groups in total. The van der Waals surface area contributed by atoms with Crippen molar-refractivity contribution in [1.29, 1.82) is 0 Å². The number of thiocarbonyl (C=S) groups is 1. The second-order valence-electron chi connectivity index (χ2n) is 5.61. The van der Waals surface area contributed by atoms with Gasteiger partial charge < -0.3 is 15.2 Å². The summed E-state index contributed by atoms with van der Waals surface area (Å²) in [6.07, 6.45) is 3.99. The number of nitrogens with two attached hydrogens (primary N) is 1. The number of nitrogens with zero attached hydrogens (tertiary/aromatic N) is 3. The summed E-state index contributed by atoms with van der Waals surface area (Å²) >= 11 is 4.91. The highest BCUT2D eigenvalue weighted by atomic mass is 32.1. The summed E-state index contributed by atoms with van der Waals surface area (Å²) in [4.78, 5) is 19.2. The molecule has 0 aliphatic rings. The van der Waals surface area contributed by atoms with E-state index in [1.807, 2.05) is 18.7 Å². The molecule has 0 aliphatic carbocycles. The van der Waals surface area contributed by atoms with Crippen LogP contribution in [0.1, 0.15) is 34.1 Å². The van der Waals surface area contributed by atoms with Crippen molar-refractivity contribution in [3.63, 3.8) is 0 Å². The van der Waals surface area contributed by atoms with Crippen molar-refractivity contribution in [2.75, 3.05) is 11.4 Å². The van der Waals surface area contributed by atoms with Gasteiger partial charge in [-0.25, -0.2) is 4.98 Å². The zero-order valence-corrected chi connectivity index (χ0v) is 13.5. The van der Waals surface area contributed by atoms with Crippen LogP contribution in [0.25, 0.3) is 0 Å². The maximum Gasteiger partial charge on any atom is 0.293 e. The highest BCUT2D eigenvalue weighted by molar-refractivity contribution is 7.80. The third-order valence-corrected chi connectivity index (χ3v) is 3.16. The predicted molar refractivity (Wildman–Crippen MR) is 87.2 cm³/mol. The molecule has 0 saturated heterocycles. The Labute approximate surface area is 125 Å². The van der Waals surface area contributed by atoms with Gasteiger partial charge in [0, 0.05) is 37.9 Å². The van der Waals surface area contributed by atoms with Gasteiger partial charge in [-0.1, -0.05) is 26.1 Å². The molecule has 1 aromatic rings. The minimum atomic E-state index is -0.0576. The molecule has 0 aliphatic heterocycles. The standard InChI is InChI=1S/C14H24N4OS/c1-10(2)9-17-8-6-16-13(14(17)19)18(11(3)4)7-5-12(15)20/h6,8,10-11H,5,7,9H2,1-4H3,(H2,15,20). The molecule has 0 unspecified atom stereocenters. The Balaban J connectivity index is 3.07. The molecule has 0 spiro atoms. The Morgan fingerprint density at radius 1 is 1.45 bits per heavy atom. The van der Waals surface area contributed by atoms with Crippen LogP contribution in [0.5, 0.6) is 0 Å². The molecule has 112 valence electrons. The van der Waals surface area contributed by atoms with Gasteiger partial charge in [-0.2, -0.15) is 0 Å². The molecular formula is C14H24N4OS. The van der Waals surface area contributed by atoms with Crippen molar-refractivity contribution in [2.45, 2.75) is 46.7 Å². The van der Waals surface area contributed by atoms with E-state index in [9.17, 15) is 4.79 Å². The highest BCUT2D eigenvalue weighted by Gasteiger charge is 2.17. The summed E-state index contributed by atoms with van der Waals surface area (Å²) in [6.45, 7) is 9.52. The molecule has 1 heterocycles. The minimum absolute atomic E-state index is 0.0576. The monoisotopic (exact) mass is 296 g/mol. The Morgan fingerprint density at radius 3 is 2.60 bits per heavy atom. The van der Waals surface area contributed by atoms with Gasteiger partial charge >= 0.3 is 0 Å². The first kappa shape index (κ1) is 16.6. The first-order chi connectivity index (χ1) is 9.32. The van der Waals surface area contributed by atoms with E-state index in [-0.39, 0.29) is 11.6 Å². The van der Waals surface area contributed by atoms with E-state index >= 15 is 0 Å². The Kier molecular flexibility index (Phi) is 6.13. The van der Waals surface area contributed by atoms with E-state index in [2.05, 4.69) is 18.8 Å². The van der Waals surface area contributed by atoms with E-state index in [1.54, 1.807) is 17.0 Å². The van der Waals surface area contributed by atoms with Gasteiger partial charge in [0.05, 0.1) is 4.99 Å². The molecule has 0 bridgehead atoms. The van der Waals surface area contributed by atoms with Crippen LogP contribution in [0.15, 0.2) is 17.2 Å². The van der Waals surface area contributed by atoms with Crippen LogP contribution in [-0.2, 0) is 6.54 Å².